The zero-order chi connectivity index (χ0) is 23.5. The number of para-hydroxylation sites is 2. The Morgan fingerprint density at radius 2 is 1.65 bits per heavy atom. The lowest BCUT2D eigenvalue weighted by atomic mass is 10.1. The number of hydrogen-bond acceptors (Lipinski definition) is 5. The van der Waals surface area contributed by atoms with E-state index in [-0.39, 0.29) is 5.69 Å². The molecular formula is C25H19F3N4O2. The van der Waals surface area contributed by atoms with Gasteiger partial charge in [0.25, 0.3) is 0 Å². The summed E-state index contributed by atoms with van der Waals surface area (Å²) >= 11 is 0. The van der Waals surface area contributed by atoms with Gasteiger partial charge in [0.05, 0.1) is 23.2 Å². The van der Waals surface area contributed by atoms with E-state index in [0.29, 0.717) is 36.0 Å². The summed E-state index contributed by atoms with van der Waals surface area (Å²) in [5, 5.41) is 8.79. The minimum atomic E-state index is -4.49. The van der Waals surface area contributed by atoms with Gasteiger partial charge in [0.15, 0.2) is 11.5 Å². The highest BCUT2D eigenvalue weighted by molar-refractivity contribution is 5.89. The monoisotopic (exact) mass is 464 g/mol. The van der Waals surface area contributed by atoms with Gasteiger partial charge >= 0.3 is 6.18 Å². The van der Waals surface area contributed by atoms with Crippen molar-refractivity contribution in [3.8, 4) is 28.4 Å². The van der Waals surface area contributed by atoms with Gasteiger partial charge in [-0.05, 0) is 42.5 Å². The van der Waals surface area contributed by atoms with E-state index in [2.05, 4.69) is 10.5 Å². The lowest BCUT2D eigenvalue weighted by Gasteiger charge is -2.18. The lowest BCUT2D eigenvalue weighted by Crippen LogP contribution is -2.15. The smallest absolute Gasteiger partial charge is 0.418 e. The van der Waals surface area contributed by atoms with Crippen LogP contribution in [0.3, 0.4) is 0 Å². The van der Waals surface area contributed by atoms with Crippen LogP contribution in [0.4, 0.5) is 18.9 Å². The molecule has 6 nitrogen and oxygen atoms in total. The number of rotatable bonds is 5. The van der Waals surface area contributed by atoms with E-state index in [0.717, 1.165) is 17.3 Å². The molecule has 0 saturated carbocycles. The SMILES string of the molecule is FC(F)(F)c1ccccc1NN=Cc1cn(-c2ccccc2)nc1-c1ccc2c(c1)OCCO2. The highest BCUT2D eigenvalue weighted by Crippen LogP contribution is 2.36. The minimum absolute atomic E-state index is 0.136. The number of nitrogens with zero attached hydrogens (tertiary/aromatic N) is 3. The van der Waals surface area contributed by atoms with E-state index < -0.39 is 11.7 Å². The standard InChI is InChI=1S/C25H19F3N4O2/c26-25(27,28)20-8-4-5-9-21(20)30-29-15-18-16-32(19-6-2-1-3-7-19)31-24(18)17-10-11-22-23(14-17)34-13-12-33-22/h1-11,14-16,30H,12-13H2. The summed E-state index contributed by atoms with van der Waals surface area (Å²) in [6.45, 7) is 0.934. The average molecular weight is 464 g/mol. The van der Waals surface area contributed by atoms with Crippen LogP contribution in [-0.2, 0) is 6.18 Å². The van der Waals surface area contributed by atoms with Crippen LogP contribution >= 0.6 is 0 Å². The molecule has 1 aliphatic heterocycles. The fourth-order valence-electron chi connectivity index (χ4n) is 3.61. The van der Waals surface area contributed by atoms with Crippen LogP contribution in [-0.4, -0.2) is 29.2 Å². The Balaban J connectivity index is 1.51. The Morgan fingerprint density at radius 1 is 0.912 bits per heavy atom. The molecule has 1 N–H and O–H groups in total. The predicted octanol–water partition coefficient (Wildman–Crippen LogP) is 5.78. The largest absolute Gasteiger partial charge is 0.486 e. The Hall–Kier alpha value is -4.27. The van der Waals surface area contributed by atoms with Crippen molar-refractivity contribution >= 4 is 11.9 Å². The molecule has 2 heterocycles. The third-order valence-corrected chi connectivity index (χ3v) is 5.20. The molecule has 0 radical (unpaired) electrons. The van der Waals surface area contributed by atoms with Crippen LogP contribution in [0.15, 0.2) is 84.1 Å². The fourth-order valence-corrected chi connectivity index (χ4v) is 3.61. The Labute approximate surface area is 193 Å². The second-order valence-corrected chi connectivity index (χ2v) is 7.48. The maximum atomic E-state index is 13.3. The number of nitrogens with one attached hydrogen (secondary N) is 1. The highest BCUT2D eigenvalue weighted by Gasteiger charge is 2.33. The first-order chi connectivity index (χ1) is 16.5. The topological polar surface area (TPSA) is 60.7 Å². The van der Waals surface area contributed by atoms with Gasteiger partial charge in [0.1, 0.15) is 18.9 Å². The molecule has 3 aromatic carbocycles. The van der Waals surface area contributed by atoms with Crippen molar-refractivity contribution < 1.29 is 22.6 Å². The van der Waals surface area contributed by atoms with Crippen LogP contribution in [0.25, 0.3) is 16.9 Å². The number of fused-ring (bicyclic) bond motifs is 1. The Morgan fingerprint density at radius 3 is 2.44 bits per heavy atom. The van der Waals surface area contributed by atoms with E-state index >= 15 is 0 Å². The van der Waals surface area contributed by atoms with Crippen molar-refractivity contribution in [2.75, 3.05) is 18.6 Å². The normalized spacial score (nSPS) is 13.3. The number of alkyl halides is 3. The maximum Gasteiger partial charge on any atom is 0.418 e. The van der Waals surface area contributed by atoms with Crippen molar-refractivity contribution in [2.24, 2.45) is 5.10 Å². The van der Waals surface area contributed by atoms with Gasteiger partial charge < -0.3 is 9.47 Å². The molecule has 34 heavy (non-hydrogen) atoms. The Kier molecular flexibility index (Phi) is 5.67. The van der Waals surface area contributed by atoms with E-state index in [1.807, 2.05) is 48.5 Å². The van der Waals surface area contributed by atoms with Gasteiger partial charge in [0.2, 0.25) is 0 Å². The third-order valence-electron chi connectivity index (χ3n) is 5.20. The first-order valence-corrected chi connectivity index (χ1v) is 10.5. The van der Waals surface area contributed by atoms with Crippen molar-refractivity contribution in [1.82, 2.24) is 9.78 Å². The number of hydrogen-bond donors (Lipinski definition) is 1. The summed E-state index contributed by atoms with van der Waals surface area (Å²) in [5.74, 6) is 1.26. The molecule has 0 amide bonds. The van der Waals surface area contributed by atoms with Crippen LogP contribution in [0.5, 0.6) is 11.5 Å². The van der Waals surface area contributed by atoms with Gasteiger partial charge in [-0.25, -0.2) is 4.68 Å². The molecule has 1 aliphatic rings. The molecule has 0 aliphatic carbocycles. The molecule has 0 saturated heterocycles. The molecular weight excluding hydrogens is 445 g/mol. The molecule has 0 spiro atoms. The third kappa shape index (κ3) is 4.45. The number of ether oxygens (including phenoxy) is 2. The predicted molar refractivity (Wildman–Crippen MR) is 123 cm³/mol. The minimum Gasteiger partial charge on any atom is -0.486 e. The molecule has 0 fully saturated rings. The van der Waals surface area contributed by atoms with Crippen LogP contribution in [0.1, 0.15) is 11.1 Å². The maximum absolute atomic E-state index is 13.3. The number of halogens is 3. The Bertz CT molecular complexity index is 1330. The van der Waals surface area contributed by atoms with Crippen molar-refractivity contribution in [1.29, 1.82) is 0 Å². The molecule has 0 bridgehead atoms. The lowest BCUT2D eigenvalue weighted by molar-refractivity contribution is -0.136. The van der Waals surface area contributed by atoms with Gasteiger partial charge in [-0.3, -0.25) is 5.43 Å². The van der Waals surface area contributed by atoms with E-state index in [1.165, 1.54) is 24.4 Å². The van der Waals surface area contributed by atoms with Gasteiger partial charge in [-0.1, -0.05) is 30.3 Å². The molecule has 172 valence electrons. The average Bonchev–Trinajstić information content (AvgIpc) is 3.28. The summed E-state index contributed by atoms with van der Waals surface area (Å²) in [4.78, 5) is 0. The summed E-state index contributed by atoms with van der Waals surface area (Å²) in [6, 6.07) is 20.2. The summed E-state index contributed by atoms with van der Waals surface area (Å²) < 4.78 is 52.8. The van der Waals surface area contributed by atoms with E-state index in [4.69, 9.17) is 14.6 Å². The van der Waals surface area contributed by atoms with Gasteiger partial charge in [0, 0.05) is 17.3 Å². The van der Waals surface area contributed by atoms with Crippen molar-refractivity contribution in [3.05, 3.63) is 90.1 Å². The van der Waals surface area contributed by atoms with E-state index in [9.17, 15) is 13.2 Å². The number of benzene rings is 3. The zero-order valence-corrected chi connectivity index (χ0v) is 17.8. The summed E-state index contributed by atoms with van der Waals surface area (Å²) in [5.41, 5.74) is 4.38. The fraction of sp³-hybridized carbons (Fsp3) is 0.120. The molecule has 5 rings (SSSR count). The number of aromatic nitrogens is 2. The van der Waals surface area contributed by atoms with Crippen molar-refractivity contribution in [3.63, 3.8) is 0 Å². The quantitative estimate of drug-likeness (QED) is 0.301. The first-order valence-electron chi connectivity index (χ1n) is 10.5. The second kappa shape index (κ2) is 8.93. The zero-order valence-electron chi connectivity index (χ0n) is 17.8. The molecule has 0 unspecified atom stereocenters. The molecule has 9 heteroatoms. The molecule has 0 atom stereocenters. The second-order valence-electron chi connectivity index (χ2n) is 7.48. The van der Waals surface area contributed by atoms with E-state index in [1.54, 1.807) is 10.9 Å². The molecule has 4 aromatic rings. The highest BCUT2D eigenvalue weighted by atomic mass is 19.4. The van der Waals surface area contributed by atoms with Crippen LogP contribution in [0.2, 0.25) is 0 Å². The number of anilines is 1. The first kappa shape index (κ1) is 21.6. The number of hydrazone groups is 1. The summed E-state index contributed by atoms with van der Waals surface area (Å²) in [7, 11) is 0. The van der Waals surface area contributed by atoms with Crippen LogP contribution < -0.4 is 14.9 Å². The van der Waals surface area contributed by atoms with Crippen LogP contribution in [0, 0.1) is 0 Å². The summed E-state index contributed by atoms with van der Waals surface area (Å²) in [6.07, 6.45) is -1.28. The van der Waals surface area contributed by atoms with Gasteiger partial charge in [-0.2, -0.15) is 23.4 Å². The van der Waals surface area contributed by atoms with Crippen molar-refractivity contribution in [2.45, 2.75) is 6.18 Å². The van der Waals surface area contributed by atoms with Gasteiger partial charge in [-0.15, -0.1) is 0 Å². The molecule has 1 aromatic heterocycles.